The Balaban J connectivity index is 2.39. The van der Waals surface area contributed by atoms with E-state index in [-0.39, 0.29) is 0 Å². The van der Waals surface area contributed by atoms with Crippen LogP contribution in [0.4, 0.5) is 10.5 Å². The molecule has 0 fully saturated rings. The van der Waals surface area contributed by atoms with Gasteiger partial charge in [-0.05, 0) is 32.9 Å². The van der Waals surface area contributed by atoms with Gasteiger partial charge in [-0.15, -0.1) is 4.36 Å². The largest absolute Gasteiger partial charge is 0.442 e. The first-order valence-electron chi connectivity index (χ1n) is 6.11. The highest BCUT2D eigenvalue weighted by Crippen LogP contribution is 2.27. The Labute approximate surface area is 113 Å². The lowest BCUT2D eigenvalue weighted by Crippen LogP contribution is -2.26. The average molecular weight is 282 g/mol. The van der Waals surface area contributed by atoms with Gasteiger partial charge in [-0.1, -0.05) is 12.1 Å². The molecule has 1 atom stereocenters. The molecule has 0 spiro atoms. The minimum Gasteiger partial charge on any atom is -0.442 e. The van der Waals surface area contributed by atoms with Crippen LogP contribution < -0.4 is 5.32 Å². The molecule has 1 aliphatic rings. The van der Waals surface area contributed by atoms with E-state index in [2.05, 4.69) is 9.68 Å². The predicted octanol–water partition coefficient (Wildman–Crippen LogP) is 2.87. The summed E-state index contributed by atoms with van der Waals surface area (Å²) in [6.45, 7) is 5.79. The van der Waals surface area contributed by atoms with E-state index in [4.69, 9.17) is 4.74 Å². The predicted molar refractivity (Wildman–Crippen MR) is 74.9 cm³/mol. The maximum Gasteiger partial charge on any atom is 0.442 e. The molecule has 0 saturated heterocycles. The molecule has 104 valence electrons. The number of anilines is 1. The van der Waals surface area contributed by atoms with Crippen molar-refractivity contribution in [2.45, 2.75) is 31.3 Å². The van der Waals surface area contributed by atoms with Crippen LogP contribution in [0.2, 0.25) is 0 Å². The molecule has 0 bridgehead atoms. The standard InChI is InChI=1S/C13H18N2O3S/c1-13(2,3)18-12(16)15-19(17)9-8-14-10-6-4-5-7-11(10)19/h4-7,14H,8-9H2,1-3H3. The van der Waals surface area contributed by atoms with E-state index >= 15 is 0 Å². The van der Waals surface area contributed by atoms with E-state index in [1.165, 1.54) is 0 Å². The number of benzene rings is 1. The minimum absolute atomic E-state index is 0.309. The van der Waals surface area contributed by atoms with Crippen LogP contribution in [0.5, 0.6) is 0 Å². The van der Waals surface area contributed by atoms with Gasteiger partial charge in [-0.2, -0.15) is 0 Å². The number of amides is 1. The molecule has 1 aromatic rings. The van der Waals surface area contributed by atoms with Crippen LogP contribution in [0, 0.1) is 0 Å². The van der Waals surface area contributed by atoms with E-state index in [1.54, 1.807) is 32.9 Å². The molecule has 0 aliphatic carbocycles. The second kappa shape index (κ2) is 4.85. The average Bonchev–Trinajstić information content (AvgIpc) is 2.26. The second-order valence-electron chi connectivity index (χ2n) is 5.34. The van der Waals surface area contributed by atoms with Crippen LogP contribution in [-0.4, -0.2) is 28.2 Å². The van der Waals surface area contributed by atoms with Crippen LogP contribution in [0.25, 0.3) is 0 Å². The highest BCUT2D eigenvalue weighted by atomic mass is 32.2. The highest BCUT2D eigenvalue weighted by Gasteiger charge is 2.24. The van der Waals surface area contributed by atoms with E-state index in [1.807, 2.05) is 12.1 Å². The monoisotopic (exact) mass is 282 g/mol. The van der Waals surface area contributed by atoms with Crippen molar-refractivity contribution in [1.82, 2.24) is 0 Å². The van der Waals surface area contributed by atoms with Crippen molar-refractivity contribution < 1.29 is 13.7 Å². The maximum absolute atomic E-state index is 12.8. The van der Waals surface area contributed by atoms with Gasteiger partial charge < -0.3 is 10.1 Å². The van der Waals surface area contributed by atoms with E-state index in [9.17, 15) is 9.00 Å². The molecule has 0 radical (unpaired) electrons. The molecule has 1 aromatic carbocycles. The fraction of sp³-hybridized carbons (Fsp3) is 0.462. The van der Waals surface area contributed by atoms with Gasteiger partial charge in [0, 0.05) is 6.54 Å². The van der Waals surface area contributed by atoms with Crippen LogP contribution >= 0.6 is 0 Å². The number of rotatable bonds is 0. The van der Waals surface area contributed by atoms with Crippen molar-refractivity contribution in [3.8, 4) is 0 Å². The molecule has 2 rings (SSSR count). The zero-order valence-corrected chi connectivity index (χ0v) is 12.1. The topological polar surface area (TPSA) is 67.8 Å². The molecule has 0 saturated carbocycles. The summed E-state index contributed by atoms with van der Waals surface area (Å²) in [5.74, 6) is 0.309. The fourth-order valence-electron chi connectivity index (χ4n) is 1.82. The van der Waals surface area contributed by atoms with Crippen molar-refractivity contribution in [3.63, 3.8) is 0 Å². The van der Waals surface area contributed by atoms with Gasteiger partial charge >= 0.3 is 6.09 Å². The van der Waals surface area contributed by atoms with Crippen LogP contribution in [0.3, 0.4) is 0 Å². The molecular formula is C13H18N2O3S. The van der Waals surface area contributed by atoms with Crippen LogP contribution in [0.1, 0.15) is 20.8 Å². The smallest absolute Gasteiger partial charge is 0.442 e. The first-order valence-corrected chi connectivity index (χ1v) is 7.79. The van der Waals surface area contributed by atoms with Gasteiger partial charge in [-0.3, -0.25) is 0 Å². The van der Waals surface area contributed by atoms with E-state index in [0.29, 0.717) is 17.2 Å². The summed E-state index contributed by atoms with van der Waals surface area (Å²) < 4.78 is 21.8. The fourth-order valence-corrected chi connectivity index (χ4v) is 3.66. The lowest BCUT2D eigenvalue weighted by Gasteiger charge is -2.22. The van der Waals surface area contributed by atoms with Crippen LogP contribution in [0.15, 0.2) is 33.5 Å². The summed E-state index contributed by atoms with van der Waals surface area (Å²) in [5, 5.41) is 3.15. The minimum atomic E-state index is -2.73. The number of nitrogens with one attached hydrogen (secondary N) is 1. The summed E-state index contributed by atoms with van der Waals surface area (Å²) in [4.78, 5) is 12.3. The number of carbonyl (C=O) groups is 1. The molecule has 5 nitrogen and oxygen atoms in total. The molecule has 1 N–H and O–H groups in total. The molecule has 1 heterocycles. The van der Waals surface area contributed by atoms with Crippen molar-refractivity contribution in [1.29, 1.82) is 0 Å². The molecule has 0 aromatic heterocycles. The maximum atomic E-state index is 12.8. The van der Waals surface area contributed by atoms with Crippen molar-refractivity contribution in [2.24, 2.45) is 4.36 Å². The lowest BCUT2D eigenvalue weighted by atomic mass is 10.2. The number of hydrogen-bond donors (Lipinski definition) is 1. The quantitative estimate of drug-likeness (QED) is 0.794. The summed E-state index contributed by atoms with van der Waals surface area (Å²) in [6.07, 6.45) is -0.769. The van der Waals surface area contributed by atoms with Gasteiger partial charge in [0.25, 0.3) is 0 Å². The van der Waals surface area contributed by atoms with Crippen molar-refractivity contribution in [2.75, 3.05) is 17.6 Å². The highest BCUT2D eigenvalue weighted by molar-refractivity contribution is 7.94. The van der Waals surface area contributed by atoms with Gasteiger partial charge in [0.2, 0.25) is 0 Å². The number of para-hydroxylation sites is 1. The molecule has 19 heavy (non-hydrogen) atoms. The molecule has 1 unspecified atom stereocenters. The third-order valence-electron chi connectivity index (χ3n) is 2.54. The number of fused-ring (bicyclic) bond motifs is 1. The van der Waals surface area contributed by atoms with Crippen LogP contribution in [-0.2, 0) is 14.5 Å². The Morgan fingerprint density at radius 2 is 2.05 bits per heavy atom. The zero-order valence-electron chi connectivity index (χ0n) is 11.3. The third kappa shape index (κ3) is 3.26. The molecule has 6 heteroatoms. The van der Waals surface area contributed by atoms with E-state index < -0.39 is 21.4 Å². The second-order valence-corrected chi connectivity index (χ2v) is 7.65. The SMILES string of the molecule is CC(C)(C)OC(=O)N=S1(=O)CCNc2ccccc21. The summed E-state index contributed by atoms with van der Waals surface area (Å²) in [6, 6.07) is 7.21. The Morgan fingerprint density at radius 3 is 2.74 bits per heavy atom. The number of ether oxygens (including phenoxy) is 1. The molecular weight excluding hydrogens is 264 g/mol. The Morgan fingerprint density at radius 1 is 1.37 bits per heavy atom. The number of carbonyl (C=O) groups excluding carboxylic acids is 1. The zero-order chi connectivity index (χ0) is 14.1. The Bertz CT molecular complexity index is 611. The van der Waals surface area contributed by atoms with Gasteiger partial charge in [-0.25, -0.2) is 9.00 Å². The summed E-state index contributed by atoms with van der Waals surface area (Å²) in [7, 11) is -2.73. The van der Waals surface area contributed by atoms with Crippen molar-refractivity contribution >= 4 is 21.5 Å². The van der Waals surface area contributed by atoms with Gasteiger partial charge in [0.15, 0.2) is 0 Å². The normalized spacial score (nSPS) is 22.1. The van der Waals surface area contributed by atoms with E-state index in [0.717, 1.165) is 5.69 Å². The molecule has 1 aliphatic heterocycles. The summed E-state index contributed by atoms with van der Waals surface area (Å²) >= 11 is 0. The number of nitrogens with zero attached hydrogens (tertiary/aromatic N) is 1. The van der Waals surface area contributed by atoms with Crippen molar-refractivity contribution in [3.05, 3.63) is 24.3 Å². The first-order chi connectivity index (χ1) is 8.80. The Kier molecular flexibility index (Phi) is 3.54. The third-order valence-corrected chi connectivity index (χ3v) is 4.79. The first kappa shape index (κ1) is 13.9. The lowest BCUT2D eigenvalue weighted by molar-refractivity contribution is 0.0607. The Hall–Kier alpha value is -1.56. The summed E-state index contributed by atoms with van der Waals surface area (Å²) in [5.41, 5.74) is 0.133. The van der Waals surface area contributed by atoms with Gasteiger partial charge in [0.05, 0.1) is 26.1 Å². The number of hydrogen-bond acceptors (Lipinski definition) is 4. The van der Waals surface area contributed by atoms with Gasteiger partial charge in [0.1, 0.15) is 5.60 Å². The molecule has 1 amide bonds.